The van der Waals surface area contributed by atoms with Crippen LogP contribution >= 0.6 is 15.9 Å². The second-order valence-electron chi connectivity index (χ2n) is 4.09. The second kappa shape index (κ2) is 6.41. The number of nitrogens with one attached hydrogen (secondary N) is 2. The summed E-state index contributed by atoms with van der Waals surface area (Å²) in [6, 6.07) is 0.960. The molecule has 114 valence electrons. The first kappa shape index (κ1) is 15.7. The van der Waals surface area contributed by atoms with Gasteiger partial charge in [0.15, 0.2) is 4.67 Å². The number of halogens is 1. The van der Waals surface area contributed by atoms with Gasteiger partial charge in [0.2, 0.25) is 15.8 Å². The normalized spacial score (nSPS) is 11.7. The van der Waals surface area contributed by atoms with E-state index in [4.69, 9.17) is 9.52 Å². The lowest BCUT2D eigenvalue weighted by Crippen LogP contribution is -2.25. The van der Waals surface area contributed by atoms with E-state index in [-0.39, 0.29) is 16.1 Å². The van der Waals surface area contributed by atoms with E-state index < -0.39 is 21.8 Å². The van der Waals surface area contributed by atoms with Gasteiger partial charge in [0.05, 0.1) is 0 Å². The van der Waals surface area contributed by atoms with Gasteiger partial charge in [0.25, 0.3) is 0 Å². The number of aromatic nitrogens is 2. The molecule has 2 aromatic heterocycles. The third-order valence-corrected chi connectivity index (χ3v) is 4.91. The van der Waals surface area contributed by atoms with E-state index in [2.05, 4.69) is 30.6 Å². The van der Waals surface area contributed by atoms with Gasteiger partial charge in [-0.15, -0.1) is 0 Å². The Morgan fingerprint density at radius 2 is 2.29 bits per heavy atom. The highest BCUT2D eigenvalue weighted by Gasteiger charge is 2.24. The zero-order valence-corrected chi connectivity index (χ0v) is 13.1. The Hall–Kier alpha value is -1.65. The van der Waals surface area contributed by atoms with Crippen molar-refractivity contribution in [2.45, 2.75) is 17.7 Å². The molecule has 10 heteroatoms. The number of aromatic carboxylic acids is 1. The molecule has 0 fully saturated rings. The second-order valence-corrected chi connectivity index (χ2v) is 6.55. The fraction of sp³-hybridized carbons (Fsp3) is 0.273. The fourth-order valence-electron chi connectivity index (χ4n) is 1.62. The van der Waals surface area contributed by atoms with Crippen LogP contribution in [0.5, 0.6) is 0 Å². The lowest BCUT2D eigenvalue weighted by molar-refractivity contribution is 0.0661. The van der Waals surface area contributed by atoms with Gasteiger partial charge in [-0.25, -0.2) is 22.9 Å². The maximum Gasteiger partial charge on any atom is 0.371 e. The maximum absolute atomic E-state index is 12.0. The molecule has 2 heterocycles. The minimum absolute atomic E-state index is 0.140. The minimum atomic E-state index is -3.83. The van der Waals surface area contributed by atoms with Gasteiger partial charge < -0.3 is 14.5 Å². The van der Waals surface area contributed by atoms with Gasteiger partial charge in [-0.05, 0) is 22.4 Å². The Morgan fingerprint density at radius 3 is 2.86 bits per heavy atom. The number of carboxylic acids is 1. The largest absolute Gasteiger partial charge is 0.475 e. The summed E-state index contributed by atoms with van der Waals surface area (Å²) >= 11 is 2.90. The molecule has 0 radical (unpaired) electrons. The summed E-state index contributed by atoms with van der Waals surface area (Å²) in [5, 5.41) is 8.77. The molecule has 0 bridgehead atoms. The molecule has 0 atom stereocenters. The van der Waals surface area contributed by atoms with Crippen LogP contribution in [0.15, 0.2) is 32.4 Å². The highest BCUT2D eigenvalue weighted by atomic mass is 79.9. The number of hydrogen-bond acceptors (Lipinski definition) is 5. The van der Waals surface area contributed by atoms with E-state index >= 15 is 0 Å². The molecule has 0 aliphatic carbocycles. The number of aromatic amines is 1. The number of nitrogens with zero attached hydrogens (tertiary/aromatic N) is 1. The van der Waals surface area contributed by atoms with Crippen LogP contribution in [0.25, 0.3) is 0 Å². The molecule has 0 amide bonds. The number of imidazole rings is 1. The summed E-state index contributed by atoms with van der Waals surface area (Å²) in [6.07, 6.45) is 4.46. The zero-order valence-electron chi connectivity index (χ0n) is 10.7. The summed E-state index contributed by atoms with van der Waals surface area (Å²) in [6.45, 7) is 0.197. The van der Waals surface area contributed by atoms with Crippen LogP contribution in [-0.2, 0) is 16.4 Å². The third-order valence-electron chi connectivity index (χ3n) is 2.59. The Labute approximate surface area is 128 Å². The summed E-state index contributed by atoms with van der Waals surface area (Å²) in [4.78, 5) is 17.4. The van der Waals surface area contributed by atoms with Crippen LogP contribution in [-0.4, -0.2) is 36.0 Å². The van der Waals surface area contributed by atoms with Crippen molar-refractivity contribution in [3.05, 3.63) is 34.7 Å². The van der Waals surface area contributed by atoms with Crippen LogP contribution < -0.4 is 4.72 Å². The van der Waals surface area contributed by atoms with E-state index in [0.717, 1.165) is 11.9 Å². The molecule has 0 spiro atoms. The number of H-pyrrole nitrogens is 1. The summed E-state index contributed by atoms with van der Waals surface area (Å²) < 4.78 is 31.1. The van der Waals surface area contributed by atoms with Crippen molar-refractivity contribution in [1.29, 1.82) is 0 Å². The molecule has 0 saturated carbocycles. The van der Waals surface area contributed by atoms with E-state index in [1.54, 1.807) is 12.4 Å². The Bertz CT molecular complexity index is 723. The molecule has 2 rings (SSSR count). The molecule has 0 aliphatic rings. The van der Waals surface area contributed by atoms with Crippen molar-refractivity contribution >= 4 is 31.9 Å². The number of carbonyl (C=O) groups is 1. The fourth-order valence-corrected chi connectivity index (χ4v) is 3.63. The van der Waals surface area contributed by atoms with Crippen molar-refractivity contribution < 1.29 is 22.7 Å². The molecule has 0 unspecified atom stereocenters. The lowest BCUT2D eigenvalue weighted by atomic mass is 10.3. The maximum atomic E-state index is 12.0. The standard InChI is InChI=1S/C11H12BrN3O5S/c12-10-8(6-7(20-10)11(16)17)21(18,19)15-3-1-2-9-13-4-5-14-9/h4-6,15H,1-3H2,(H,13,14)(H,16,17). The summed E-state index contributed by atoms with van der Waals surface area (Å²) in [5.74, 6) is -1.01. The quantitative estimate of drug-likeness (QED) is 0.625. The van der Waals surface area contributed by atoms with Crippen molar-refractivity contribution in [1.82, 2.24) is 14.7 Å². The first-order valence-electron chi connectivity index (χ1n) is 5.90. The number of hydrogen-bond donors (Lipinski definition) is 3. The average Bonchev–Trinajstić information content (AvgIpc) is 3.04. The molecule has 8 nitrogen and oxygen atoms in total. The lowest BCUT2D eigenvalue weighted by Gasteiger charge is -2.04. The van der Waals surface area contributed by atoms with Gasteiger partial charge in [0, 0.05) is 31.4 Å². The molecule has 0 aliphatic heterocycles. The highest BCUT2D eigenvalue weighted by molar-refractivity contribution is 9.10. The number of rotatable bonds is 7. The predicted molar refractivity (Wildman–Crippen MR) is 75.5 cm³/mol. The van der Waals surface area contributed by atoms with Crippen molar-refractivity contribution in [2.75, 3.05) is 6.54 Å². The Kier molecular flexibility index (Phi) is 4.80. The monoisotopic (exact) mass is 377 g/mol. The molecule has 3 N–H and O–H groups in total. The van der Waals surface area contributed by atoms with Crippen LogP contribution in [0, 0.1) is 0 Å². The van der Waals surface area contributed by atoms with Crippen LogP contribution in [0.4, 0.5) is 0 Å². The summed E-state index contributed by atoms with van der Waals surface area (Å²) in [5.41, 5.74) is 0. The van der Waals surface area contributed by atoms with Gasteiger partial charge in [-0.2, -0.15) is 0 Å². The number of carboxylic acid groups (broad SMARTS) is 1. The van der Waals surface area contributed by atoms with Crippen molar-refractivity contribution in [3.8, 4) is 0 Å². The topological polar surface area (TPSA) is 125 Å². The number of furan rings is 1. The highest BCUT2D eigenvalue weighted by Crippen LogP contribution is 2.25. The van der Waals surface area contributed by atoms with Gasteiger partial charge in [0.1, 0.15) is 10.7 Å². The van der Waals surface area contributed by atoms with E-state index in [9.17, 15) is 13.2 Å². The van der Waals surface area contributed by atoms with E-state index in [1.807, 2.05) is 0 Å². The average molecular weight is 378 g/mol. The smallest absolute Gasteiger partial charge is 0.371 e. The molecule has 2 aromatic rings. The molecule has 0 aromatic carbocycles. The minimum Gasteiger partial charge on any atom is -0.475 e. The van der Waals surface area contributed by atoms with Crippen LogP contribution in [0.3, 0.4) is 0 Å². The third kappa shape index (κ3) is 3.93. The molecular formula is C11H12BrN3O5S. The molecule has 21 heavy (non-hydrogen) atoms. The summed E-state index contributed by atoms with van der Waals surface area (Å²) in [7, 11) is -3.83. The van der Waals surface area contributed by atoms with E-state index in [1.165, 1.54) is 0 Å². The number of aryl methyl sites for hydroxylation is 1. The van der Waals surface area contributed by atoms with Gasteiger partial charge >= 0.3 is 5.97 Å². The molecule has 0 saturated heterocycles. The van der Waals surface area contributed by atoms with E-state index in [0.29, 0.717) is 12.8 Å². The first-order valence-corrected chi connectivity index (χ1v) is 8.18. The van der Waals surface area contributed by atoms with Crippen LogP contribution in [0.2, 0.25) is 0 Å². The molecular weight excluding hydrogens is 366 g/mol. The van der Waals surface area contributed by atoms with Gasteiger partial charge in [-0.1, -0.05) is 0 Å². The number of sulfonamides is 1. The predicted octanol–water partition coefficient (Wildman–Crippen LogP) is 1.37. The Morgan fingerprint density at radius 1 is 1.52 bits per heavy atom. The van der Waals surface area contributed by atoms with Crippen molar-refractivity contribution in [3.63, 3.8) is 0 Å². The van der Waals surface area contributed by atoms with Crippen molar-refractivity contribution in [2.24, 2.45) is 0 Å². The van der Waals surface area contributed by atoms with Gasteiger partial charge in [-0.3, -0.25) is 0 Å². The Balaban J connectivity index is 1.96. The zero-order chi connectivity index (χ0) is 15.5. The van der Waals surface area contributed by atoms with Crippen LogP contribution in [0.1, 0.15) is 22.8 Å². The SMILES string of the molecule is O=C(O)c1cc(S(=O)(=O)NCCCc2ncc[nH]2)c(Br)o1. The first-order chi connectivity index (χ1) is 9.90.